The largest absolute Gasteiger partial charge is 0.344 e. The first-order chi connectivity index (χ1) is 14.3. The molecule has 0 aliphatic heterocycles. The first-order valence-corrected chi connectivity index (χ1v) is 9.25. The number of nitrogens with zero attached hydrogens (tertiary/aromatic N) is 2. The Hall–Kier alpha value is -3.94. The van der Waals surface area contributed by atoms with Gasteiger partial charge in [-0.3, -0.25) is 9.59 Å². The number of halogens is 1. The summed E-state index contributed by atoms with van der Waals surface area (Å²) >= 11 is 0. The number of carbonyl (C=O) groups excluding carboxylic acids is 1. The van der Waals surface area contributed by atoms with Gasteiger partial charge in [0.25, 0.3) is 11.5 Å². The highest BCUT2D eigenvalue weighted by Gasteiger charge is 2.20. The van der Waals surface area contributed by atoms with Crippen LogP contribution in [0.5, 0.6) is 0 Å². The third-order valence-corrected chi connectivity index (χ3v) is 5.12. The molecule has 0 radical (unpaired) electrons. The fraction of sp³-hybridized carbons (Fsp3) is 0.136. The minimum absolute atomic E-state index is 0.146. The van der Waals surface area contributed by atoms with Crippen molar-refractivity contribution >= 4 is 22.6 Å². The first kappa shape index (κ1) is 19.4. The van der Waals surface area contributed by atoms with E-state index >= 15 is 0 Å². The van der Waals surface area contributed by atoms with E-state index in [-0.39, 0.29) is 22.3 Å². The number of hydrogen-bond donors (Lipinski definition) is 2. The van der Waals surface area contributed by atoms with Crippen molar-refractivity contribution in [2.24, 2.45) is 7.05 Å². The van der Waals surface area contributed by atoms with E-state index in [0.29, 0.717) is 5.69 Å². The van der Waals surface area contributed by atoms with Gasteiger partial charge in [-0.25, -0.2) is 13.8 Å². The standard InChI is InChI=1S/C22H19FN4O3/c1-12-4-7-15(10-13(12)2)24-20(28)17-11-26(3)19-18(17)25-22(30)27(21(19)29)16-8-5-14(23)6-9-16/h4-11H,1-3H3,(H,24,28)(H,25,30). The number of benzene rings is 2. The normalized spacial score (nSPS) is 11.1. The van der Waals surface area contributed by atoms with E-state index in [9.17, 15) is 18.8 Å². The van der Waals surface area contributed by atoms with Gasteiger partial charge in [0.2, 0.25) is 0 Å². The Morgan fingerprint density at radius 3 is 2.40 bits per heavy atom. The van der Waals surface area contributed by atoms with E-state index in [1.165, 1.54) is 35.0 Å². The minimum atomic E-state index is -0.717. The van der Waals surface area contributed by atoms with Gasteiger partial charge in [-0.05, 0) is 61.4 Å². The van der Waals surface area contributed by atoms with Gasteiger partial charge in [-0.1, -0.05) is 6.07 Å². The Morgan fingerprint density at radius 2 is 1.73 bits per heavy atom. The first-order valence-electron chi connectivity index (χ1n) is 9.25. The lowest BCUT2D eigenvalue weighted by molar-refractivity contribution is 0.102. The lowest BCUT2D eigenvalue weighted by Gasteiger charge is -2.08. The van der Waals surface area contributed by atoms with Crippen LogP contribution < -0.4 is 16.6 Å². The van der Waals surface area contributed by atoms with Crippen LogP contribution in [0.15, 0.2) is 58.3 Å². The van der Waals surface area contributed by atoms with Crippen molar-refractivity contribution < 1.29 is 9.18 Å². The molecule has 0 unspecified atom stereocenters. The summed E-state index contributed by atoms with van der Waals surface area (Å²) in [5, 5.41) is 2.80. The third-order valence-electron chi connectivity index (χ3n) is 5.12. The molecule has 0 aliphatic rings. The summed E-state index contributed by atoms with van der Waals surface area (Å²) in [5.74, 6) is -0.924. The van der Waals surface area contributed by atoms with Crippen molar-refractivity contribution in [3.63, 3.8) is 0 Å². The van der Waals surface area contributed by atoms with Crippen LogP contribution in [-0.2, 0) is 7.05 Å². The topological polar surface area (TPSA) is 88.9 Å². The Balaban J connectivity index is 1.82. The fourth-order valence-electron chi connectivity index (χ4n) is 3.39. The van der Waals surface area contributed by atoms with Crippen molar-refractivity contribution in [2.45, 2.75) is 13.8 Å². The number of H-pyrrole nitrogens is 1. The number of rotatable bonds is 3. The molecule has 7 nitrogen and oxygen atoms in total. The molecule has 4 rings (SSSR count). The Kier molecular flexibility index (Phi) is 4.62. The van der Waals surface area contributed by atoms with E-state index in [1.54, 1.807) is 13.1 Å². The predicted octanol–water partition coefficient (Wildman–Crippen LogP) is 3.03. The smallest absolute Gasteiger partial charge is 0.333 e. The van der Waals surface area contributed by atoms with E-state index in [2.05, 4.69) is 10.3 Å². The number of nitrogens with one attached hydrogen (secondary N) is 2. The molecule has 0 fully saturated rings. The van der Waals surface area contributed by atoms with Crippen molar-refractivity contribution in [1.29, 1.82) is 0 Å². The zero-order valence-corrected chi connectivity index (χ0v) is 16.6. The number of aromatic amines is 1. The summed E-state index contributed by atoms with van der Waals surface area (Å²) in [6.45, 7) is 3.92. The molecule has 2 aromatic carbocycles. The molecule has 0 spiro atoms. The second-order valence-electron chi connectivity index (χ2n) is 7.18. The van der Waals surface area contributed by atoms with E-state index < -0.39 is 23.0 Å². The number of hydrogen-bond acceptors (Lipinski definition) is 3. The summed E-state index contributed by atoms with van der Waals surface area (Å²) in [5.41, 5.74) is 2.13. The molecule has 0 atom stereocenters. The summed E-state index contributed by atoms with van der Waals surface area (Å²) in [7, 11) is 1.61. The second-order valence-corrected chi connectivity index (χ2v) is 7.18. The molecule has 1 amide bonds. The van der Waals surface area contributed by atoms with Gasteiger partial charge in [-0.15, -0.1) is 0 Å². The Bertz CT molecular complexity index is 1410. The molecule has 152 valence electrons. The number of fused-ring (bicyclic) bond motifs is 1. The molecule has 0 saturated carbocycles. The maximum Gasteiger partial charge on any atom is 0.333 e. The molecule has 0 bridgehead atoms. The van der Waals surface area contributed by atoms with Crippen LogP contribution in [0, 0.1) is 19.7 Å². The highest BCUT2D eigenvalue weighted by molar-refractivity contribution is 6.11. The molecule has 2 heterocycles. The van der Waals surface area contributed by atoms with Crippen LogP contribution in [0.1, 0.15) is 21.5 Å². The van der Waals surface area contributed by atoms with Gasteiger partial charge in [0.05, 0.1) is 16.8 Å². The zero-order valence-electron chi connectivity index (χ0n) is 16.6. The van der Waals surface area contributed by atoms with Crippen LogP contribution in [0.2, 0.25) is 0 Å². The molecular formula is C22H19FN4O3. The van der Waals surface area contributed by atoms with Crippen LogP contribution >= 0.6 is 0 Å². The number of aromatic nitrogens is 3. The van der Waals surface area contributed by atoms with Gasteiger partial charge >= 0.3 is 5.69 Å². The van der Waals surface area contributed by atoms with Gasteiger partial charge in [0, 0.05) is 18.9 Å². The number of carbonyl (C=O) groups is 1. The summed E-state index contributed by atoms with van der Waals surface area (Å²) < 4.78 is 15.6. The van der Waals surface area contributed by atoms with Crippen molar-refractivity contribution in [2.75, 3.05) is 5.32 Å². The molecule has 4 aromatic rings. The lowest BCUT2D eigenvalue weighted by Crippen LogP contribution is -2.34. The fourth-order valence-corrected chi connectivity index (χ4v) is 3.39. The monoisotopic (exact) mass is 406 g/mol. The molecule has 0 aliphatic carbocycles. The average molecular weight is 406 g/mol. The Labute approximate surface area is 170 Å². The third kappa shape index (κ3) is 3.22. The summed E-state index contributed by atoms with van der Waals surface area (Å²) in [4.78, 5) is 41.1. The zero-order chi connectivity index (χ0) is 21.6. The SMILES string of the molecule is Cc1ccc(NC(=O)c2cn(C)c3c(=O)n(-c4ccc(F)cc4)c(=O)[nH]c23)cc1C. The molecule has 30 heavy (non-hydrogen) atoms. The van der Waals surface area contributed by atoms with E-state index in [1.807, 2.05) is 26.0 Å². The van der Waals surface area contributed by atoms with Crippen molar-refractivity contribution in [3.05, 3.63) is 92.0 Å². The Morgan fingerprint density at radius 1 is 1.03 bits per heavy atom. The van der Waals surface area contributed by atoms with E-state index in [0.717, 1.165) is 15.7 Å². The quantitative estimate of drug-likeness (QED) is 0.548. The van der Waals surface area contributed by atoms with Gasteiger partial charge in [0.1, 0.15) is 11.3 Å². The van der Waals surface area contributed by atoms with Crippen LogP contribution in [0.25, 0.3) is 16.7 Å². The highest BCUT2D eigenvalue weighted by atomic mass is 19.1. The van der Waals surface area contributed by atoms with Gasteiger partial charge < -0.3 is 14.9 Å². The lowest BCUT2D eigenvalue weighted by atomic mass is 10.1. The summed E-state index contributed by atoms with van der Waals surface area (Å²) in [6, 6.07) is 10.6. The van der Waals surface area contributed by atoms with Crippen LogP contribution in [0.4, 0.5) is 10.1 Å². The van der Waals surface area contributed by atoms with Gasteiger partial charge in [-0.2, -0.15) is 0 Å². The van der Waals surface area contributed by atoms with E-state index in [4.69, 9.17) is 0 Å². The maximum atomic E-state index is 13.2. The molecule has 2 aromatic heterocycles. The number of amides is 1. The summed E-state index contributed by atoms with van der Waals surface area (Å²) in [6.07, 6.45) is 1.49. The van der Waals surface area contributed by atoms with Gasteiger partial charge in [0.15, 0.2) is 0 Å². The highest BCUT2D eigenvalue weighted by Crippen LogP contribution is 2.19. The molecule has 2 N–H and O–H groups in total. The predicted molar refractivity (Wildman–Crippen MR) is 113 cm³/mol. The van der Waals surface area contributed by atoms with Crippen LogP contribution in [0.3, 0.4) is 0 Å². The molecule has 8 heteroatoms. The van der Waals surface area contributed by atoms with Crippen LogP contribution in [-0.4, -0.2) is 20.0 Å². The minimum Gasteiger partial charge on any atom is -0.344 e. The molecule has 0 saturated heterocycles. The van der Waals surface area contributed by atoms with Crippen molar-refractivity contribution in [1.82, 2.24) is 14.1 Å². The number of aryl methyl sites for hydroxylation is 3. The maximum absolute atomic E-state index is 13.2. The average Bonchev–Trinajstić information content (AvgIpc) is 3.02. The van der Waals surface area contributed by atoms with Crippen molar-refractivity contribution in [3.8, 4) is 5.69 Å². The molecular weight excluding hydrogens is 387 g/mol. The number of anilines is 1. The second kappa shape index (κ2) is 7.14.